The summed E-state index contributed by atoms with van der Waals surface area (Å²) < 4.78 is 3.21. The van der Waals surface area contributed by atoms with Crippen LogP contribution in [0.1, 0.15) is 5.69 Å². The summed E-state index contributed by atoms with van der Waals surface area (Å²) in [6, 6.07) is 9.25. The molecule has 0 unspecified atom stereocenters. The molecule has 0 bridgehead atoms. The number of nitroso groups, excluding NO2 is 1. The smallest absolute Gasteiger partial charge is 0.283 e. The van der Waals surface area contributed by atoms with E-state index < -0.39 is 0 Å². The van der Waals surface area contributed by atoms with E-state index in [1.807, 2.05) is 30.3 Å². The molecule has 6 heteroatoms. The lowest BCUT2D eigenvalue weighted by Gasteiger charge is -2.07. The molecule has 6 nitrogen and oxygen atoms in total. The van der Waals surface area contributed by atoms with Crippen LogP contribution in [0.2, 0.25) is 0 Å². The van der Waals surface area contributed by atoms with Crippen LogP contribution in [0.15, 0.2) is 40.4 Å². The third-order valence-electron chi connectivity index (χ3n) is 2.97. The quantitative estimate of drug-likeness (QED) is 0.610. The van der Waals surface area contributed by atoms with Crippen LogP contribution in [-0.2, 0) is 7.05 Å². The third-order valence-corrected chi connectivity index (χ3v) is 2.97. The highest BCUT2D eigenvalue weighted by Gasteiger charge is 2.19. The lowest BCUT2D eigenvalue weighted by atomic mass is 10.3. The van der Waals surface area contributed by atoms with Crippen molar-refractivity contribution in [1.29, 1.82) is 0 Å². The Balaban J connectivity index is 2.72. The predicted molar refractivity (Wildman–Crippen MR) is 69.9 cm³/mol. The molecule has 0 amide bonds. The highest BCUT2D eigenvalue weighted by atomic mass is 16.3. The summed E-state index contributed by atoms with van der Waals surface area (Å²) in [6.07, 6.45) is 0. The van der Waals surface area contributed by atoms with E-state index in [1.165, 1.54) is 11.7 Å². The maximum Gasteiger partial charge on any atom is 0.297 e. The molecule has 0 aliphatic carbocycles. The molecule has 2 aromatic rings. The molecular formula is C12H14N4O2. The minimum atomic E-state index is -0.261. The fourth-order valence-corrected chi connectivity index (χ4v) is 1.97. The topological polar surface area (TPSA) is 59.6 Å². The number of nitrogens with zero attached hydrogens (tertiary/aromatic N) is 4. The number of benzene rings is 1. The third kappa shape index (κ3) is 1.71. The van der Waals surface area contributed by atoms with Gasteiger partial charge in [0.25, 0.3) is 5.56 Å². The van der Waals surface area contributed by atoms with Gasteiger partial charge in [0.15, 0.2) is 5.69 Å². The van der Waals surface area contributed by atoms with E-state index in [1.54, 1.807) is 18.7 Å². The molecule has 0 N–H and O–H groups in total. The van der Waals surface area contributed by atoms with Crippen LogP contribution in [-0.4, -0.2) is 16.4 Å². The Morgan fingerprint density at radius 1 is 1.22 bits per heavy atom. The summed E-state index contributed by atoms with van der Waals surface area (Å²) >= 11 is 0. The SMILES string of the molecule is Cc1c(N(C)N=O)c(=O)n(-c2ccccc2)n1C. The molecule has 0 aliphatic heterocycles. The van der Waals surface area contributed by atoms with Gasteiger partial charge in [-0.15, -0.1) is 4.91 Å². The molecule has 94 valence electrons. The highest BCUT2D eigenvalue weighted by Crippen LogP contribution is 2.16. The van der Waals surface area contributed by atoms with E-state index in [9.17, 15) is 9.70 Å². The van der Waals surface area contributed by atoms with E-state index in [0.717, 1.165) is 10.7 Å². The maximum atomic E-state index is 12.3. The van der Waals surface area contributed by atoms with Crippen LogP contribution >= 0.6 is 0 Å². The fourth-order valence-electron chi connectivity index (χ4n) is 1.97. The zero-order valence-corrected chi connectivity index (χ0v) is 10.5. The summed E-state index contributed by atoms with van der Waals surface area (Å²) in [5, 5.41) is 3.84. The van der Waals surface area contributed by atoms with Gasteiger partial charge in [-0.05, 0) is 19.1 Å². The fraction of sp³-hybridized carbons (Fsp3) is 0.250. The van der Waals surface area contributed by atoms with Gasteiger partial charge in [0.2, 0.25) is 0 Å². The van der Waals surface area contributed by atoms with Crippen molar-refractivity contribution in [3.63, 3.8) is 0 Å². The average molecular weight is 246 g/mol. The molecule has 0 fully saturated rings. The van der Waals surface area contributed by atoms with Gasteiger partial charge in [-0.3, -0.25) is 9.48 Å². The molecule has 18 heavy (non-hydrogen) atoms. The van der Waals surface area contributed by atoms with Crippen LogP contribution in [0.5, 0.6) is 0 Å². The number of hydrogen-bond donors (Lipinski definition) is 0. The van der Waals surface area contributed by atoms with E-state index in [-0.39, 0.29) is 11.2 Å². The van der Waals surface area contributed by atoms with E-state index in [0.29, 0.717) is 5.69 Å². The van der Waals surface area contributed by atoms with E-state index in [4.69, 9.17) is 0 Å². The molecule has 1 heterocycles. The number of para-hydroxylation sites is 1. The minimum Gasteiger partial charge on any atom is -0.283 e. The highest BCUT2D eigenvalue weighted by molar-refractivity contribution is 5.50. The first-order chi connectivity index (χ1) is 8.57. The van der Waals surface area contributed by atoms with Crippen LogP contribution in [0.4, 0.5) is 5.69 Å². The van der Waals surface area contributed by atoms with Gasteiger partial charge >= 0.3 is 0 Å². The molecule has 2 rings (SSSR count). The Morgan fingerprint density at radius 2 is 1.83 bits per heavy atom. The average Bonchev–Trinajstić information content (AvgIpc) is 2.61. The molecule has 0 atom stereocenters. The Bertz CT molecular complexity index is 628. The van der Waals surface area contributed by atoms with Crippen molar-refractivity contribution < 1.29 is 0 Å². The Kier molecular flexibility index (Phi) is 3.01. The standard InChI is InChI=1S/C12H14N4O2/c1-9-11(14(2)13-18)12(17)16(15(9)3)10-7-5-4-6-8-10/h4-8H,1-3H3. The Hall–Kier alpha value is -2.37. The minimum absolute atomic E-state index is 0.261. The predicted octanol–water partition coefficient (Wildman–Crippen LogP) is 1.60. The molecule has 0 radical (unpaired) electrons. The maximum absolute atomic E-state index is 12.3. The number of anilines is 1. The van der Waals surface area contributed by atoms with Crippen molar-refractivity contribution in [1.82, 2.24) is 9.36 Å². The van der Waals surface area contributed by atoms with Gasteiger partial charge in [-0.25, -0.2) is 9.69 Å². The molecule has 0 saturated heterocycles. The van der Waals surface area contributed by atoms with Crippen LogP contribution in [0.25, 0.3) is 5.69 Å². The van der Waals surface area contributed by atoms with Crippen molar-refractivity contribution in [3.8, 4) is 5.69 Å². The first-order valence-corrected chi connectivity index (χ1v) is 5.49. The summed E-state index contributed by atoms with van der Waals surface area (Å²) in [6.45, 7) is 1.78. The van der Waals surface area contributed by atoms with Crippen molar-refractivity contribution in [2.75, 3.05) is 12.1 Å². The summed E-state index contributed by atoms with van der Waals surface area (Å²) in [7, 11) is 3.23. The number of aromatic nitrogens is 2. The van der Waals surface area contributed by atoms with Gasteiger partial charge in [0.1, 0.15) is 0 Å². The van der Waals surface area contributed by atoms with Gasteiger partial charge in [0.05, 0.1) is 16.7 Å². The van der Waals surface area contributed by atoms with Crippen molar-refractivity contribution >= 4 is 5.69 Å². The zero-order chi connectivity index (χ0) is 13.3. The lowest BCUT2D eigenvalue weighted by molar-refractivity contribution is 0.630. The van der Waals surface area contributed by atoms with Gasteiger partial charge < -0.3 is 0 Å². The number of hydrogen-bond acceptors (Lipinski definition) is 3. The molecular weight excluding hydrogens is 232 g/mol. The summed E-state index contributed by atoms with van der Waals surface area (Å²) in [5.74, 6) is 0. The van der Waals surface area contributed by atoms with Crippen molar-refractivity contribution in [3.05, 3.63) is 51.3 Å². The van der Waals surface area contributed by atoms with E-state index >= 15 is 0 Å². The molecule has 1 aromatic carbocycles. The molecule has 0 spiro atoms. The van der Waals surface area contributed by atoms with Crippen molar-refractivity contribution in [2.24, 2.45) is 12.3 Å². The van der Waals surface area contributed by atoms with Crippen molar-refractivity contribution in [2.45, 2.75) is 6.92 Å². The Labute approximate surface area is 104 Å². The Morgan fingerprint density at radius 3 is 2.39 bits per heavy atom. The first kappa shape index (κ1) is 12.1. The zero-order valence-electron chi connectivity index (χ0n) is 10.5. The van der Waals surface area contributed by atoms with Crippen LogP contribution < -0.4 is 10.6 Å². The van der Waals surface area contributed by atoms with Crippen LogP contribution in [0.3, 0.4) is 0 Å². The monoisotopic (exact) mass is 246 g/mol. The second-order valence-corrected chi connectivity index (χ2v) is 4.02. The van der Waals surface area contributed by atoms with Gasteiger partial charge in [-0.1, -0.05) is 18.2 Å². The lowest BCUT2D eigenvalue weighted by Crippen LogP contribution is -2.23. The van der Waals surface area contributed by atoms with Crippen LogP contribution in [0, 0.1) is 11.8 Å². The molecule has 0 saturated carbocycles. The summed E-state index contributed by atoms with van der Waals surface area (Å²) in [5.41, 5.74) is 1.46. The molecule has 0 aliphatic rings. The summed E-state index contributed by atoms with van der Waals surface area (Å²) in [4.78, 5) is 22.9. The van der Waals surface area contributed by atoms with Gasteiger partial charge in [0, 0.05) is 14.1 Å². The molecule has 1 aromatic heterocycles. The van der Waals surface area contributed by atoms with Gasteiger partial charge in [-0.2, -0.15) is 0 Å². The second kappa shape index (κ2) is 4.48. The normalized spacial score (nSPS) is 10.4. The first-order valence-electron chi connectivity index (χ1n) is 5.49. The largest absolute Gasteiger partial charge is 0.297 e. The number of rotatable bonds is 3. The second-order valence-electron chi connectivity index (χ2n) is 4.02. The van der Waals surface area contributed by atoms with E-state index in [2.05, 4.69) is 5.29 Å².